The molecule has 0 saturated carbocycles. The molecule has 0 aromatic heterocycles. The van der Waals surface area contributed by atoms with Crippen LogP contribution in [0.4, 0.5) is 5.69 Å². The van der Waals surface area contributed by atoms with E-state index in [2.05, 4.69) is 10.6 Å². The molecule has 0 bridgehead atoms. The second-order valence-corrected chi connectivity index (χ2v) is 7.47. The first kappa shape index (κ1) is 19.4. The Hall–Kier alpha value is -0.970. The Kier molecular flexibility index (Phi) is 6.40. The summed E-state index contributed by atoms with van der Waals surface area (Å²) in [6, 6.07) is 10.5. The number of benzene rings is 2. The van der Waals surface area contributed by atoms with Gasteiger partial charge < -0.3 is 5.32 Å². The van der Waals surface area contributed by atoms with Crippen LogP contribution in [0.15, 0.2) is 36.4 Å². The Morgan fingerprint density at radius 2 is 1.50 bits per heavy atom. The molecule has 0 fully saturated rings. The minimum atomic E-state index is -0.407. The predicted molar refractivity (Wildman–Crippen MR) is 103 cm³/mol. The highest BCUT2D eigenvalue weighted by Gasteiger charge is 2.21. The molecular formula is C17H16Cl4N2O. The van der Waals surface area contributed by atoms with Crippen molar-refractivity contribution in [2.75, 3.05) is 11.9 Å². The number of carbonyl (C=O) groups excluding carboxylic acids is 1. The first-order chi connectivity index (χ1) is 11.2. The minimum absolute atomic E-state index is 0.0882. The summed E-state index contributed by atoms with van der Waals surface area (Å²) in [6.45, 7) is 4.04. The molecule has 0 spiro atoms. The Morgan fingerprint density at radius 1 is 0.958 bits per heavy atom. The van der Waals surface area contributed by atoms with E-state index >= 15 is 0 Å². The van der Waals surface area contributed by atoms with Gasteiger partial charge in [0.1, 0.15) is 0 Å². The van der Waals surface area contributed by atoms with Crippen LogP contribution in [0.2, 0.25) is 20.1 Å². The monoisotopic (exact) mass is 404 g/mol. The fraction of sp³-hybridized carbons (Fsp3) is 0.235. The largest absolute Gasteiger partial charge is 0.322 e. The lowest BCUT2D eigenvalue weighted by molar-refractivity contribution is -0.115. The van der Waals surface area contributed by atoms with Crippen LogP contribution >= 0.6 is 46.4 Å². The van der Waals surface area contributed by atoms with Crippen LogP contribution in [-0.4, -0.2) is 12.5 Å². The van der Waals surface area contributed by atoms with E-state index < -0.39 is 5.54 Å². The van der Waals surface area contributed by atoms with E-state index in [1.165, 1.54) is 12.1 Å². The highest BCUT2D eigenvalue weighted by atomic mass is 35.5. The van der Waals surface area contributed by atoms with E-state index in [0.29, 0.717) is 15.7 Å². The quantitative estimate of drug-likeness (QED) is 0.663. The van der Waals surface area contributed by atoms with Crippen molar-refractivity contribution in [1.29, 1.82) is 0 Å². The van der Waals surface area contributed by atoms with Gasteiger partial charge >= 0.3 is 0 Å². The maximum atomic E-state index is 12.2. The smallest absolute Gasteiger partial charge is 0.238 e. The number of carbonyl (C=O) groups is 1. The van der Waals surface area contributed by atoms with Crippen molar-refractivity contribution in [3.63, 3.8) is 0 Å². The molecule has 0 saturated heterocycles. The Labute approximate surface area is 161 Å². The van der Waals surface area contributed by atoms with Crippen LogP contribution in [0.25, 0.3) is 0 Å². The zero-order valence-corrected chi connectivity index (χ0v) is 16.1. The molecule has 2 rings (SSSR count). The van der Waals surface area contributed by atoms with Crippen molar-refractivity contribution < 1.29 is 4.79 Å². The summed E-state index contributed by atoms with van der Waals surface area (Å²) >= 11 is 23.9. The van der Waals surface area contributed by atoms with Gasteiger partial charge in [-0.25, -0.2) is 0 Å². The lowest BCUT2D eigenvalue weighted by Crippen LogP contribution is -2.41. The predicted octanol–water partition coefficient (Wildman–Crippen LogP) is 5.76. The van der Waals surface area contributed by atoms with Gasteiger partial charge in [-0.3, -0.25) is 10.1 Å². The van der Waals surface area contributed by atoms with Gasteiger partial charge in [0.05, 0.1) is 22.3 Å². The first-order valence-electron chi connectivity index (χ1n) is 7.14. The molecule has 1 amide bonds. The van der Waals surface area contributed by atoms with Crippen LogP contribution in [-0.2, 0) is 10.3 Å². The Bertz CT molecular complexity index is 722. The third-order valence-corrected chi connectivity index (χ3v) is 4.59. The summed E-state index contributed by atoms with van der Waals surface area (Å²) in [5.41, 5.74) is 0.955. The Morgan fingerprint density at radius 3 is 2.04 bits per heavy atom. The minimum Gasteiger partial charge on any atom is -0.322 e. The molecular weight excluding hydrogens is 390 g/mol. The summed E-state index contributed by atoms with van der Waals surface area (Å²) in [4.78, 5) is 12.2. The van der Waals surface area contributed by atoms with Crippen LogP contribution < -0.4 is 10.6 Å². The van der Waals surface area contributed by atoms with Gasteiger partial charge in [-0.1, -0.05) is 58.5 Å². The Balaban J connectivity index is 2.01. The van der Waals surface area contributed by atoms with Crippen molar-refractivity contribution in [2.24, 2.45) is 0 Å². The molecule has 0 heterocycles. The first-order valence-corrected chi connectivity index (χ1v) is 8.66. The molecule has 24 heavy (non-hydrogen) atoms. The van der Waals surface area contributed by atoms with Gasteiger partial charge in [0.25, 0.3) is 0 Å². The molecule has 2 aromatic carbocycles. The number of hydrogen-bond acceptors (Lipinski definition) is 2. The van der Waals surface area contributed by atoms with E-state index in [9.17, 15) is 4.79 Å². The van der Waals surface area contributed by atoms with Crippen LogP contribution in [0.3, 0.4) is 0 Å². The number of nitrogens with one attached hydrogen (secondary N) is 2. The molecule has 3 nitrogen and oxygen atoms in total. The van der Waals surface area contributed by atoms with Gasteiger partial charge in [0, 0.05) is 15.6 Å². The SMILES string of the molecule is CC(C)(NCC(=O)Nc1c(Cl)cc(Cl)cc1Cl)c1ccc(Cl)cc1. The number of anilines is 1. The van der Waals surface area contributed by atoms with Gasteiger partial charge in [-0.05, 0) is 43.7 Å². The van der Waals surface area contributed by atoms with Crippen molar-refractivity contribution in [3.8, 4) is 0 Å². The summed E-state index contributed by atoms with van der Waals surface area (Å²) in [6.07, 6.45) is 0. The highest BCUT2D eigenvalue weighted by molar-refractivity contribution is 6.42. The molecule has 2 aromatic rings. The summed E-state index contributed by atoms with van der Waals surface area (Å²) < 4.78 is 0. The fourth-order valence-corrected chi connectivity index (χ4v) is 3.15. The van der Waals surface area contributed by atoms with Gasteiger partial charge in [0.2, 0.25) is 5.91 Å². The summed E-state index contributed by atoms with van der Waals surface area (Å²) in [5.74, 6) is -0.261. The number of halogens is 4. The van der Waals surface area contributed by atoms with Gasteiger partial charge in [-0.2, -0.15) is 0 Å². The third kappa shape index (κ3) is 5.01. The third-order valence-electron chi connectivity index (χ3n) is 3.53. The van der Waals surface area contributed by atoms with Crippen molar-refractivity contribution >= 4 is 58.0 Å². The average molecular weight is 406 g/mol. The second kappa shape index (κ2) is 7.94. The molecule has 2 N–H and O–H groups in total. The molecule has 0 aliphatic heterocycles. The van der Waals surface area contributed by atoms with Crippen molar-refractivity contribution in [2.45, 2.75) is 19.4 Å². The number of amides is 1. The molecule has 0 unspecified atom stereocenters. The zero-order valence-electron chi connectivity index (χ0n) is 13.1. The zero-order chi connectivity index (χ0) is 17.9. The van der Waals surface area contributed by atoms with Crippen LogP contribution in [0.1, 0.15) is 19.4 Å². The maximum Gasteiger partial charge on any atom is 0.238 e. The molecule has 128 valence electrons. The lowest BCUT2D eigenvalue weighted by atomic mass is 9.94. The van der Waals surface area contributed by atoms with Crippen LogP contribution in [0.5, 0.6) is 0 Å². The van der Waals surface area contributed by atoms with E-state index in [1.807, 2.05) is 38.1 Å². The van der Waals surface area contributed by atoms with Gasteiger partial charge in [0.15, 0.2) is 0 Å². The highest BCUT2D eigenvalue weighted by Crippen LogP contribution is 2.33. The number of rotatable bonds is 5. The average Bonchev–Trinajstić information content (AvgIpc) is 2.49. The van der Waals surface area contributed by atoms with E-state index in [-0.39, 0.29) is 22.5 Å². The summed E-state index contributed by atoms with van der Waals surface area (Å²) in [7, 11) is 0. The molecule has 0 aliphatic rings. The molecule has 7 heteroatoms. The lowest BCUT2D eigenvalue weighted by Gasteiger charge is -2.27. The topological polar surface area (TPSA) is 41.1 Å². The maximum absolute atomic E-state index is 12.2. The molecule has 0 atom stereocenters. The van der Waals surface area contributed by atoms with Crippen LogP contribution in [0, 0.1) is 0 Å². The second-order valence-electron chi connectivity index (χ2n) is 5.78. The summed E-state index contributed by atoms with van der Waals surface area (Å²) in [5, 5.41) is 7.54. The normalized spacial score (nSPS) is 11.4. The standard InChI is InChI=1S/C17H16Cl4N2O/c1-17(2,10-3-5-11(18)6-4-10)22-9-15(24)23-16-13(20)7-12(19)8-14(16)21/h3-8,22H,9H2,1-2H3,(H,23,24). The van der Waals surface area contributed by atoms with Crippen molar-refractivity contribution in [1.82, 2.24) is 5.32 Å². The van der Waals surface area contributed by atoms with E-state index in [0.717, 1.165) is 5.56 Å². The number of hydrogen-bond donors (Lipinski definition) is 2. The van der Waals surface area contributed by atoms with Crippen molar-refractivity contribution in [3.05, 3.63) is 62.1 Å². The van der Waals surface area contributed by atoms with E-state index in [4.69, 9.17) is 46.4 Å². The van der Waals surface area contributed by atoms with E-state index in [1.54, 1.807) is 0 Å². The van der Waals surface area contributed by atoms with Gasteiger partial charge in [-0.15, -0.1) is 0 Å². The fourth-order valence-electron chi connectivity index (χ4n) is 2.12. The molecule has 0 radical (unpaired) electrons. The molecule has 0 aliphatic carbocycles.